The van der Waals surface area contributed by atoms with Crippen molar-refractivity contribution in [2.45, 2.75) is 33.4 Å². The number of primary amides is 2. The molecule has 0 bridgehead atoms. The van der Waals surface area contributed by atoms with Crippen LogP contribution in [0.3, 0.4) is 0 Å². The molecule has 0 aliphatic rings. The number of carbonyl (C=O) groups is 3. The Hall–Kier alpha value is -3.68. The maximum Gasteiger partial charge on any atom is 0.273 e. The van der Waals surface area contributed by atoms with Crippen LogP contribution in [0.4, 0.5) is 0 Å². The molecule has 1 aromatic heterocycles. The largest absolute Gasteiger partial charge is 0.368 e. The Morgan fingerprint density at radius 3 is 2.30 bits per heavy atom. The summed E-state index contributed by atoms with van der Waals surface area (Å²) in [4.78, 5) is 36.6. The highest BCUT2D eigenvalue weighted by molar-refractivity contribution is 6.06. The Kier molecular flexibility index (Phi) is 5.60. The average molecular weight is 407 g/mol. The van der Waals surface area contributed by atoms with Gasteiger partial charge in [0.2, 0.25) is 11.8 Å². The Morgan fingerprint density at radius 1 is 1.03 bits per heavy atom. The smallest absolute Gasteiger partial charge is 0.273 e. The summed E-state index contributed by atoms with van der Waals surface area (Å²) in [5.41, 5.74) is 12.4. The van der Waals surface area contributed by atoms with E-state index in [1.165, 1.54) is 0 Å². The van der Waals surface area contributed by atoms with Crippen LogP contribution in [0.1, 0.15) is 47.2 Å². The quantitative estimate of drug-likeness (QED) is 0.575. The molecule has 0 aliphatic heterocycles. The van der Waals surface area contributed by atoms with Crippen molar-refractivity contribution in [1.29, 1.82) is 0 Å². The number of hydrogen-bond acceptors (Lipinski definition) is 4. The molecule has 8 nitrogen and oxygen atoms in total. The predicted octanol–water partition coefficient (Wildman–Crippen LogP) is 1.81. The molecule has 0 radical (unpaired) electrons. The van der Waals surface area contributed by atoms with E-state index in [2.05, 4.69) is 10.4 Å². The monoisotopic (exact) mass is 407 g/mol. The van der Waals surface area contributed by atoms with Crippen LogP contribution in [0.25, 0.3) is 10.9 Å². The maximum atomic E-state index is 13.0. The van der Waals surface area contributed by atoms with Crippen LogP contribution in [0, 0.1) is 5.41 Å². The molecule has 5 N–H and O–H groups in total. The first kappa shape index (κ1) is 21.0. The van der Waals surface area contributed by atoms with Gasteiger partial charge in [0.25, 0.3) is 5.91 Å². The van der Waals surface area contributed by atoms with Gasteiger partial charge in [-0.15, -0.1) is 0 Å². The number of carbonyl (C=O) groups excluding carboxylic acids is 3. The average Bonchev–Trinajstić information content (AvgIpc) is 3.04. The normalized spacial score (nSPS) is 12.5. The number of amides is 3. The summed E-state index contributed by atoms with van der Waals surface area (Å²) in [5, 5.41) is 7.82. The molecule has 3 aromatic rings. The summed E-state index contributed by atoms with van der Waals surface area (Å²) < 4.78 is 1.64. The van der Waals surface area contributed by atoms with Crippen molar-refractivity contribution in [3.05, 3.63) is 65.4 Å². The Morgan fingerprint density at radius 2 is 1.67 bits per heavy atom. The highest BCUT2D eigenvalue weighted by Crippen LogP contribution is 2.23. The summed E-state index contributed by atoms with van der Waals surface area (Å²) in [7, 11) is 0. The van der Waals surface area contributed by atoms with E-state index in [-0.39, 0.29) is 12.2 Å². The minimum absolute atomic E-state index is 0.178. The fraction of sp³-hybridized carbons (Fsp3) is 0.273. The second-order valence-electron chi connectivity index (χ2n) is 8.22. The van der Waals surface area contributed by atoms with Crippen LogP contribution in [-0.4, -0.2) is 33.5 Å². The number of fused-ring (bicyclic) bond motifs is 1. The number of nitrogens with one attached hydrogen (secondary N) is 1. The van der Waals surface area contributed by atoms with Crippen LogP contribution >= 0.6 is 0 Å². The first-order chi connectivity index (χ1) is 14.1. The van der Waals surface area contributed by atoms with E-state index < -0.39 is 29.2 Å². The SMILES string of the molecule is CC(C)(C)[C@H](NC(=O)c1nn(Cc2ccccc2C(N)=O)c2ccccc12)C(N)=O. The lowest BCUT2D eigenvalue weighted by molar-refractivity contribution is -0.122. The maximum absolute atomic E-state index is 13.0. The van der Waals surface area contributed by atoms with Gasteiger partial charge in [0.05, 0.1) is 12.1 Å². The lowest BCUT2D eigenvalue weighted by atomic mass is 9.86. The lowest BCUT2D eigenvalue weighted by Crippen LogP contribution is -2.52. The summed E-state index contributed by atoms with van der Waals surface area (Å²) in [6.45, 7) is 5.71. The Labute approximate surface area is 174 Å². The zero-order valence-electron chi connectivity index (χ0n) is 17.2. The zero-order chi connectivity index (χ0) is 22.1. The third-order valence-electron chi connectivity index (χ3n) is 4.90. The van der Waals surface area contributed by atoms with E-state index in [1.54, 1.807) is 35.0 Å². The molecule has 3 rings (SSSR count). The van der Waals surface area contributed by atoms with Crippen molar-refractivity contribution in [2.75, 3.05) is 0 Å². The number of rotatable bonds is 6. The lowest BCUT2D eigenvalue weighted by Gasteiger charge is -2.28. The van der Waals surface area contributed by atoms with E-state index in [0.717, 1.165) is 0 Å². The molecule has 1 heterocycles. The van der Waals surface area contributed by atoms with Crippen LogP contribution in [-0.2, 0) is 11.3 Å². The number of aromatic nitrogens is 2. The van der Waals surface area contributed by atoms with Gasteiger partial charge in [0, 0.05) is 10.9 Å². The molecule has 2 aromatic carbocycles. The highest BCUT2D eigenvalue weighted by atomic mass is 16.2. The van der Waals surface area contributed by atoms with Gasteiger partial charge in [-0.05, 0) is 23.1 Å². The molecule has 156 valence electrons. The number of hydrogen-bond donors (Lipinski definition) is 3. The minimum Gasteiger partial charge on any atom is -0.368 e. The van der Waals surface area contributed by atoms with Gasteiger partial charge in [-0.1, -0.05) is 57.2 Å². The molecule has 0 aliphatic carbocycles. The topological polar surface area (TPSA) is 133 Å². The van der Waals surface area contributed by atoms with Crippen molar-refractivity contribution in [1.82, 2.24) is 15.1 Å². The summed E-state index contributed by atoms with van der Waals surface area (Å²) in [6.07, 6.45) is 0. The van der Waals surface area contributed by atoms with Crippen molar-refractivity contribution >= 4 is 28.6 Å². The number of nitrogens with two attached hydrogens (primary N) is 2. The van der Waals surface area contributed by atoms with Crippen molar-refractivity contribution < 1.29 is 14.4 Å². The number of benzene rings is 2. The van der Waals surface area contributed by atoms with Gasteiger partial charge in [-0.3, -0.25) is 19.1 Å². The van der Waals surface area contributed by atoms with Gasteiger partial charge >= 0.3 is 0 Å². The number of nitrogens with zero attached hydrogens (tertiary/aromatic N) is 2. The zero-order valence-corrected chi connectivity index (χ0v) is 17.2. The van der Waals surface area contributed by atoms with Crippen molar-refractivity contribution in [3.63, 3.8) is 0 Å². The van der Waals surface area contributed by atoms with E-state index in [0.29, 0.717) is 22.0 Å². The summed E-state index contributed by atoms with van der Waals surface area (Å²) in [6, 6.07) is 13.4. The first-order valence-electron chi connectivity index (χ1n) is 9.53. The molecule has 1 atom stereocenters. The fourth-order valence-electron chi connectivity index (χ4n) is 3.39. The van der Waals surface area contributed by atoms with E-state index in [1.807, 2.05) is 39.0 Å². The molecule has 0 saturated carbocycles. The van der Waals surface area contributed by atoms with Gasteiger partial charge in [0.1, 0.15) is 6.04 Å². The van der Waals surface area contributed by atoms with Crippen LogP contribution < -0.4 is 16.8 Å². The molecule has 3 amide bonds. The molecular weight excluding hydrogens is 382 g/mol. The van der Waals surface area contributed by atoms with Gasteiger partial charge in [-0.25, -0.2) is 0 Å². The predicted molar refractivity (Wildman–Crippen MR) is 114 cm³/mol. The molecule has 0 unspecified atom stereocenters. The second-order valence-corrected chi connectivity index (χ2v) is 8.22. The molecule has 8 heteroatoms. The van der Waals surface area contributed by atoms with Gasteiger partial charge in [-0.2, -0.15) is 5.10 Å². The van der Waals surface area contributed by atoms with Crippen LogP contribution in [0.5, 0.6) is 0 Å². The van der Waals surface area contributed by atoms with E-state index >= 15 is 0 Å². The Balaban J connectivity index is 2.02. The number of para-hydroxylation sites is 1. The molecule has 0 saturated heterocycles. The third kappa shape index (κ3) is 4.17. The first-order valence-corrected chi connectivity index (χ1v) is 9.53. The van der Waals surface area contributed by atoms with Crippen molar-refractivity contribution in [3.8, 4) is 0 Å². The van der Waals surface area contributed by atoms with Crippen LogP contribution in [0.2, 0.25) is 0 Å². The van der Waals surface area contributed by atoms with Gasteiger partial charge < -0.3 is 16.8 Å². The summed E-state index contributed by atoms with van der Waals surface area (Å²) in [5.74, 6) is -1.64. The van der Waals surface area contributed by atoms with E-state index in [9.17, 15) is 14.4 Å². The third-order valence-corrected chi connectivity index (χ3v) is 4.90. The second kappa shape index (κ2) is 7.98. The Bertz CT molecular complexity index is 1130. The van der Waals surface area contributed by atoms with Gasteiger partial charge in [0.15, 0.2) is 5.69 Å². The molecule has 30 heavy (non-hydrogen) atoms. The molecular formula is C22H25N5O3. The van der Waals surface area contributed by atoms with Crippen molar-refractivity contribution in [2.24, 2.45) is 16.9 Å². The molecule has 0 spiro atoms. The summed E-state index contributed by atoms with van der Waals surface area (Å²) >= 11 is 0. The van der Waals surface area contributed by atoms with Crippen LogP contribution in [0.15, 0.2) is 48.5 Å². The standard InChI is InChI=1S/C22H25N5O3/c1-22(2,3)18(20(24)29)25-21(30)17-15-10-6-7-11-16(15)27(26-17)12-13-8-4-5-9-14(13)19(23)28/h4-11,18H,12H2,1-3H3,(H2,23,28)(H2,24,29)(H,25,30)/t18-/m1/s1. The van der Waals surface area contributed by atoms with E-state index in [4.69, 9.17) is 11.5 Å². The highest BCUT2D eigenvalue weighted by Gasteiger charge is 2.32. The fourth-order valence-corrected chi connectivity index (χ4v) is 3.39. The molecule has 0 fully saturated rings. The minimum atomic E-state index is -0.857.